The van der Waals surface area contributed by atoms with E-state index in [9.17, 15) is 4.79 Å². The van der Waals surface area contributed by atoms with Crippen molar-refractivity contribution in [2.45, 2.75) is 13.0 Å². The van der Waals surface area contributed by atoms with Crippen molar-refractivity contribution in [3.8, 4) is 11.3 Å². The highest BCUT2D eigenvalue weighted by atomic mass is 32.1. The lowest BCUT2D eigenvalue weighted by Crippen LogP contribution is -2.20. The first-order valence-electron chi connectivity index (χ1n) is 7.84. The zero-order valence-electron chi connectivity index (χ0n) is 13.3. The van der Waals surface area contributed by atoms with Gasteiger partial charge in [0.05, 0.1) is 12.1 Å². The van der Waals surface area contributed by atoms with Gasteiger partial charge in [0.1, 0.15) is 0 Å². The molecule has 1 amide bonds. The molecular weight excluding hydrogens is 318 g/mol. The summed E-state index contributed by atoms with van der Waals surface area (Å²) in [6, 6.07) is 16.4. The van der Waals surface area contributed by atoms with E-state index in [0.717, 1.165) is 34.2 Å². The number of rotatable bonds is 4. The van der Waals surface area contributed by atoms with E-state index in [-0.39, 0.29) is 5.91 Å². The summed E-state index contributed by atoms with van der Waals surface area (Å²) >= 11 is 1.60. The second-order valence-corrected chi connectivity index (χ2v) is 6.71. The number of likely N-dealkylation sites (N-methyl/N-ethyl adjacent to an activating group) is 1. The first-order chi connectivity index (χ1) is 11.7. The quantitative estimate of drug-likeness (QED) is 0.785. The molecule has 1 aromatic heterocycles. The minimum atomic E-state index is 0.144. The third kappa shape index (κ3) is 2.78. The fourth-order valence-corrected chi connectivity index (χ4v) is 3.61. The van der Waals surface area contributed by atoms with Crippen LogP contribution >= 0.6 is 11.3 Å². The number of amides is 1. The SMILES string of the molecule is CN1C(=O)Cc2cc(-c3csc(NCc4ccccc4)n3)ccc21. The second kappa shape index (κ2) is 6.09. The molecule has 0 aliphatic carbocycles. The van der Waals surface area contributed by atoms with Crippen molar-refractivity contribution < 1.29 is 4.79 Å². The number of hydrogen-bond acceptors (Lipinski definition) is 4. The van der Waals surface area contributed by atoms with E-state index in [4.69, 9.17) is 0 Å². The van der Waals surface area contributed by atoms with Gasteiger partial charge in [-0.25, -0.2) is 4.98 Å². The predicted molar refractivity (Wildman–Crippen MR) is 98.4 cm³/mol. The van der Waals surface area contributed by atoms with Crippen LogP contribution in [0.2, 0.25) is 0 Å². The van der Waals surface area contributed by atoms with E-state index in [2.05, 4.69) is 33.9 Å². The average Bonchev–Trinajstić information content (AvgIpc) is 3.19. The number of benzene rings is 2. The monoisotopic (exact) mass is 335 g/mol. The number of nitrogens with zero attached hydrogens (tertiary/aromatic N) is 2. The van der Waals surface area contributed by atoms with Crippen LogP contribution in [-0.4, -0.2) is 17.9 Å². The van der Waals surface area contributed by atoms with Gasteiger partial charge in [-0.2, -0.15) is 0 Å². The number of aromatic nitrogens is 1. The van der Waals surface area contributed by atoms with E-state index >= 15 is 0 Å². The van der Waals surface area contributed by atoms with Crippen LogP contribution in [0, 0.1) is 0 Å². The van der Waals surface area contributed by atoms with Gasteiger partial charge in [-0.3, -0.25) is 4.79 Å². The van der Waals surface area contributed by atoms with E-state index in [1.807, 2.05) is 37.4 Å². The third-order valence-electron chi connectivity index (χ3n) is 4.24. The normalized spacial score (nSPS) is 13.2. The molecule has 0 spiro atoms. The topological polar surface area (TPSA) is 45.2 Å². The van der Waals surface area contributed by atoms with Gasteiger partial charge in [0.2, 0.25) is 5.91 Å². The van der Waals surface area contributed by atoms with Crippen LogP contribution in [-0.2, 0) is 17.8 Å². The number of thiazole rings is 1. The van der Waals surface area contributed by atoms with Crippen molar-refractivity contribution in [1.29, 1.82) is 0 Å². The Labute approximate surface area is 144 Å². The zero-order chi connectivity index (χ0) is 16.5. The standard InChI is InChI=1S/C19H17N3OS/c1-22-17-8-7-14(9-15(17)10-18(22)23)16-12-24-19(21-16)20-11-13-5-3-2-4-6-13/h2-9,12H,10-11H2,1H3,(H,20,21). The highest BCUT2D eigenvalue weighted by molar-refractivity contribution is 7.14. The van der Waals surface area contributed by atoms with Crippen molar-refractivity contribution in [3.63, 3.8) is 0 Å². The fraction of sp³-hybridized carbons (Fsp3) is 0.158. The molecule has 1 aliphatic rings. The van der Waals surface area contributed by atoms with Gasteiger partial charge in [-0.15, -0.1) is 11.3 Å². The summed E-state index contributed by atoms with van der Waals surface area (Å²) < 4.78 is 0. The molecule has 0 atom stereocenters. The molecule has 1 N–H and O–H groups in total. The van der Waals surface area contributed by atoms with E-state index in [1.165, 1.54) is 5.56 Å². The average molecular weight is 335 g/mol. The van der Waals surface area contributed by atoms with Gasteiger partial charge in [0.15, 0.2) is 5.13 Å². The molecule has 4 rings (SSSR count). The number of nitrogens with one attached hydrogen (secondary N) is 1. The predicted octanol–water partition coefficient (Wildman–Crippen LogP) is 3.94. The summed E-state index contributed by atoms with van der Waals surface area (Å²) in [4.78, 5) is 18.2. The summed E-state index contributed by atoms with van der Waals surface area (Å²) in [7, 11) is 1.82. The molecule has 2 heterocycles. The molecule has 0 saturated heterocycles. The highest BCUT2D eigenvalue weighted by Crippen LogP contribution is 2.33. The van der Waals surface area contributed by atoms with Crippen LogP contribution < -0.4 is 10.2 Å². The molecule has 0 fully saturated rings. The van der Waals surface area contributed by atoms with Crippen molar-refractivity contribution in [2.24, 2.45) is 0 Å². The molecule has 120 valence electrons. The number of anilines is 2. The molecule has 1 aliphatic heterocycles. The van der Waals surface area contributed by atoms with Crippen LogP contribution in [0.1, 0.15) is 11.1 Å². The van der Waals surface area contributed by atoms with Gasteiger partial charge in [-0.05, 0) is 23.3 Å². The van der Waals surface area contributed by atoms with Crippen LogP contribution in [0.15, 0.2) is 53.9 Å². The Kier molecular flexibility index (Phi) is 3.78. The van der Waals surface area contributed by atoms with Crippen molar-refractivity contribution in [3.05, 3.63) is 65.0 Å². The van der Waals surface area contributed by atoms with Crippen LogP contribution in [0.25, 0.3) is 11.3 Å². The van der Waals surface area contributed by atoms with Gasteiger partial charge in [0.25, 0.3) is 0 Å². The molecule has 2 aromatic carbocycles. The van der Waals surface area contributed by atoms with Crippen LogP contribution in [0.3, 0.4) is 0 Å². The Morgan fingerprint density at radius 1 is 1.21 bits per heavy atom. The van der Waals surface area contributed by atoms with Crippen LogP contribution in [0.5, 0.6) is 0 Å². The van der Waals surface area contributed by atoms with Crippen molar-refractivity contribution in [1.82, 2.24) is 4.98 Å². The van der Waals surface area contributed by atoms with Gasteiger partial charge < -0.3 is 10.2 Å². The second-order valence-electron chi connectivity index (χ2n) is 5.85. The van der Waals surface area contributed by atoms with E-state index < -0.39 is 0 Å². The van der Waals surface area contributed by atoms with Gasteiger partial charge in [0, 0.05) is 30.2 Å². The fourth-order valence-electron chi connectivity index (χ4n) is 2.89. The minimum absolute atomic E-state index is 0.144. The zero-order valence-corrected chi connectivity index (χ0v) is 14.1. The molecule has 3 aromatic rings. The summed E-state index contributed by atoms with van der Waals surface area (Å²) in [5.41, 5.74) is 5.31. The Bertz CT molecular complexity index is 889. The number of carbonyl (C=O) groups excluding carboxylic acids is 1. The molecular formula is C19H17N3OS. The smallest absolute Gasteiger partial charge is 0.231 e. The summed E-state index contributed by atoms with van der Waals surface area (Å²) in [6.07, 6.45) is 0.475. The molecule has 0 bridgehead atoms. The van der Waals surface area contributed by atoms with Gasteiger partial charge in [-0.1, -0.05) is 36.4 Å². The summed E-state index contributed by atoms with van der Waals surface area (Å²) in [5.74, 6) is 0.144. The minimum Gasteiger partial charge on any atom is -0.357 e. The molecule has 5 heteroatoms. The maximum Gasteiger partial charge on any atom is 0.231 e. The number of fused-ring (bicyclic) bond motifs is 1. The third-order valence-corrected chi connectivity index (χ3v) is 5.04. The molecule has 0 saturated carbocycles. The lowest BCUT2D eigenvalue weighted by Gasteiger charge is -2.09. The van der Waals surface area contributed by atoms with Crippen LogP contribution in [0.4, 0.5) is 10.8 Å². The first kappa shape index (κ1) is 14.9. The number of hydrogen-bond donors (Lipinski definition) is 1. The first-order valence-corrected chi connectivity index (χ1v) is 8.72. The summed E-state index contributed by atoms with van der Waals surface area (Å²) in [6.45, 7) is 0.761. The lowest BCUT2D eigenvalue weighted by atomic mass is 10.1. The largest absolute Gasteiger partial charge is 0.357 e. The Hall–Kier alpha value is -2.66. The van der Waals surface area contributed by atoms with E-state index in [0.29, 0.717) is 6.42 Å². The Balaban J connectivity index is 1.51. The van der Waals surface area contributed by atoms with Crippen molar-refractivity contribution in [2.75, 3.05) is 17.3 Å². The Morgan fingerprint density at radius 2 is 2.04 bits per heavy atom. The maximum atomic E-state index is 11.8. The van der Waals surface area contributed by atoms with E-state index in [1.54, 1.807) is 16.2 Å². The molecule has 24 heavy (non-hydrogen) atoms. The highest BCUT2D eigenvalue weighted by Gasteiger charge is 2.24. The lowest BCUT2D eigenvalue weighted by molar-refractivity contribution is -0.117. The summed E-state index contributed by atoms with van der Waals surface area (Å²) in [5, 5.41) is 6.32. The number of carbonyl (C=O) groups is 1. The van der Waals surface area contributed by atoms with Gasteiger partial charge >= 0.3 is 0 Å². The van der Waals surface area contributed by atoms with Crippen molar-refractivity contribution >= 4 is 28.1 Å². The molecule has 0 radical (unpaired) electrons. The molecule has 4 nitrogen and oxygen atoms in total. The molecule has 0 unspecified atom stereocenters. The maximum absolute atomic E-state index is 11.8. The Morgan fingerprint density at radius 3 is 2.88 bits per heavy atom.